The molecule has 4 heteroatoms. The first kappa shape index (κ1) is 10.4. The van der Waals surface area contributed by atoms with Crippen LogP contribution >= 0.6 is 0 Å². The molecular formula is C10H19NO2S. The summed E-state index contributed by atoms with van der Waals surface area (Å²) in [6.07, 6.45) is 5.14. The second-order valence-electron chi connectivity index (χ2n) is 4.78. The van der Waals surface area contributed by atoms with Gasteiger partial charge in [0.2, 0.25) is 0 Å². The van der Waals surface area contributed by atoms with E-state index in [1.165, 1.54) is 25.7 Å². The zero-order chi connectivity index (χ0) is 10.2. The van der Waals surface area contributed by atoms with Crippen LogP contribution in [0.25, 0.3) is 0 Å². The van der Waals surface area contributed by atoms with Crippen LogP contribution in [0.4, 0.5) is 0 Å². The molecule has 2 N–H and O–H groups in total. The maximum absolute atomic E-state index is 11.1. The maximum Gasteiger partial charge on any atom is 0.150 e. The van der Waals surface area contributed by atoms with Crippen molar-refractivity contribution >= 4 is 9.84 Å². The Morgan fingerprint density at radius 3 is 2.14 bits per heavy atom. The van der Waals surface area contributed by atoms with Gasteiger partial charge in [-0.05, 0) is 24.3 Å². The predicted molar refractivity (Wildman–Crippen MR) is 56.6 cm³/mol. The zero-order valence-corrected chi connectivity index (χ0v) is 9.30. The van der Waals surface area contributed by atoms with Gasteiger partial charge in [-0.25, -0.2) is 8.42 Å². The lowest BCUT2D eigenvalue weighted by atomic mass is 9.82. The van der Waals surface area contributed by atoms with E-state index in [0.29, 0.717) is 35.8 Å². The summed E-state index contributed by atoms with van der Waals surface area (Å²) in [6, 6.07) is 0. The molecule has 1 unspecified atom stereocenters. The van der Waals surface area contributed by atoms with Crippen LogP contribution in [0.3, 0.4) is 0 Å². The zero-order valence-electron chi connectivity index (χ0n) is 8.48. The summed E-state index contributed by atoms with van der Waals surface area (Å²) in [5.74, 6) is 2.34. The average molecular weight is 217 g/mol. The van der Waals surface area contributed by atoms with Crippen molar-refractivity contribution in [3.63, 3.8) is 0 Å². The fraction of sp³-hybridized carbons (Fsp3) is 1.00. The van der Waals surface area contributed by atoms with Crippen LogP contribution in [0.1, 0.15) is 25.7 Å². The third kappa shape index (κ3) is 1.96. The number of hydrogen-bond acceptors (Lipinski definition) is 3. The predicted octanol–water partition coefficient (Wildman–Crippen LogP) is 0.796. The molecule has 0 spiro atoms. The highest BCUT2D eigenvalue weighted by molar-refractivity contribution is 7.92. The second-order valence-corrected chi connectivity index (χ2v) is 6.93. The molecule has 1 aliphatic carbocycles. The van der Waals surface area contributed by atoms with Crippen molar-refractivity contribution in [3.8, 4) is 0 Å². The van der Waals surface area contributed by atoms with Crippen LogP contribution in [-0.2, 0) is 9.84 Å². The normalized spacial score (nSPS) is 30.1. The molecule has 0 bridgehead atoms. The van der Waals surface area contributed by atoms with Crippen LogP contribution in [0.5, 0.6) is 0 Å². The third-order valence-corrected chi connectivity index (χ3v) is 5.69. The molecule has 2 rings (SSSR count). The van der Waals surface area contributed by atoms with E-state index in [4.69, 9.17) is 5.73 Å². The van der Waals surface area contributed by atoms with Crippen LogP contribution < -0.4 is 5.73 Å². The van der Waals surface area contributed by atoms with Gasteiger partial charge in [-0.15, -0.1) is 0 Å². The first-order valence-corrected chi connectivity index (χ1v) is 7.35. The van der Waals surface area contributed by atoms with Gasteiger partial charge >= 0.3 is 0 Å². The Bertz CT molecular complexity index is 281. The average Bonchev–Trinajstić information content (AvgIpc) is 2.55. The standard InChI is InChI=1S/C10H19NO2S/c11-5-10(8-3-1-2-4-8)9-6-14(12,13)7-9/h8-10H,1-7,11H2. The summed E-state index contributed by atoms with van der Waals surface area (Å²) >= 11 is 0. The van der Waals surface area contributed by atoms with Crippen LogP contribution in [0.15, 0.2) is 0 Å². The van der Waals surface area contributed by atoms with Crippen molar-refractivity contribution < 1.29 is 8.42 Å². The minimum atomic E-state index is -2.67. The summed E-state index contributed by atoms with van der Waals surface area (Å²) < 4.78 is 22.2. The van der Waals surface area contributed by atoms with Gasteiger partial charge in [0.1, 0.15) is 0 Å². The summed E-state index contributed by atoms with van der Waals surface area (Å²) in [5.41, 5.74) is 5.76. The number of sulfone groups is 1. The molecule has 0 aromatic heterocycles. The highest BCUT2D eigenvalue weighted by Gasteiger charge is 2.41. The summed E-state index contributed by atoms with van der Waals surface area (Å²) in [7, 11) is -2.67. The molecule has 0 aromatic rings. The van der Waals surface area contributed by atoms with Crippen molar-refractivity contribution in [2.45, 2.75) is 25.7 Å². The number of rotatable bonds is 3. The van der Waals surface area contributed by atoms with Gasteiger partial charge in [-0.1, -0.05) is 25.7 Å². The van der Waals surface area contributed by atoms with E-state index in [9.17, 15) is 8.42 Å². The Balaban J connectivity index is 1.94. The quantitative estimate of drug-likeness (QED) is 0.760. The third-order valence-electron chi connectivity index (χ3n) is 3.82. The molecule has 1 saturated heterocycles. The molecular weight excluding hydrogens is 198 g/mol. The molecule has 0 amide bonds. The monoisotopic (exact) mass is 217 g/mol. The van der Waals surface area contributed by atoms with Gasteiger partial charge < -0.3 is 5.73 Å². The van der Waals surface area contributed by atoms with Crippen molar-refractivity contribution in [1.29, 1.82) is 0 Å². The molecule has 1 saturated carbocycles. The molecule has 2 aliphatic rings. The van der Waals surface area contributed by atoms with Crippen molar-refractivity contribution in [3.05, 3.63) is 0 Å². The van der Waals surface area contributed by atoms with Gasteiger partial charge in [0.05, 0.1) is 11.5 Å². The Labute approximate surface area is 86.0 Å². The molecule has 0 aromatic carbocycles. The molecule has 1 heterocycles. The SMILES string of the molecule is NCC(C1CCCC1)C1CS(=O)(=O)C1. The number of nitrogens with two attached hydrogens (primary N) is 1. The van der Waals surface area contributed by atoms with Crippen molar-refractivity contribution in [2.75, 3.05) is 18.1 Å². The van der Waals surface area contributed by atoms with E-state index in [0.717, 1.165) is 0 Å². The highest BCUT2D eigenvalue weighted by Crippen LogP contribution is 2.38. The van der Waals surface area contributed by atoms with Gasteiger partial charge in [-0.2, -0.15) is 0 Å². The number of hydrogen-bond donors (Lipinski definition) is 1. The Morgan fingerprint density at radius 2 is 1.71 bits per heavy atom. The molecule has 1 aliphatic heterocycles. The highest BCUT2D eigenvalue weighted by atomic mass is 32.2. The molecule has 14 heavy (non-hydrogen) atoms. The maximum atomic E-state index is 11.1. The Morgan fingerprint density at radius 1 is 1.14 bits per heavy atom. The van der Waals surface area contributed by atoms with E-state index < -0.39 is 9.84 Å². The minimum absolute atomic E-state index is 0.369. The Hall–Kier alpha value is -0.0900. The molecule has 2 fully saturated rings. The summed E-state index contributed by atoms with van der Waals surface area (Å²) in [6.45, 7) is 0.671. The largest absolute Gasteiger partial charge is 0.330 e. The molecule has 1 atom stereocenters. The van der Waals surface area contributed by atoms with Crippen LogP contribution in [-0.4, -0.2) is 26.5 Å². The van der Waals surface area contributed by atoms with Gasteiger partial charge in [0, 0.05) is 0 Å². The molecule has 0 radical (unpaired) electrons. The lowest BCUT2D eigenvalue weighted by Gasteiger charge is -2.36. The molecule has 3 nitrogen and oxygen atoms in total. The topological polar surface area (TPSA) is 60.2 Å². The summed E-state index contributed by atoms with van der Waals surface area (Å²) in [4.78, 5) is 0. The van der Waals surface area contributed by atoms with Crippen LogP contribution in [0.2, 0.25) is 0 Å². The van der Waals surface area contributed by atoms with E-state index in [1.54, 1.807) is 0 Å². The minimum Gasteiger partial charge on any atom is -0.330 e. The first-order valence-electron chi connectivity index (χ1n) is 5.53. The Kier molecular flexibility index (Phi) is 2.84. The van der Waals surface area contributed by atoms with E-state index in [-0.39, 0.29) is 0 Å². The van der Waals surface area contributed by atoms with Crippen LogP contribution in [0, 0.1) is 17.8 Å². The van der Waals surface area contributed by atoms with E-state index in [2.05, 4.69) is 0 Å². The van der Waals surface area contributed by atoms with Crippen molar-refractivity contribution in [2.24, 2.45) is 23.5 Å². The fourth-order valence-electron chi connectivity index (χ4n) is 3.01. The molecule has 82 valence electrons. The lowest BCUT2D eigenvalue weighted by Crippen LogP contribution is -2.45. The van der Waals surface area contributed by atoms with E-state index in [1.807, 2.05) is 0 Å². The fourth-order valence-corrected chi connectivity index (χ4v) is 4.71. The van der Waals surface area contributed by atoms with E-state index >= 15 is 0 Å². The first-order chi connectivity index (χ1) is 6.62. The van der Waals surface area contributed by atoms with Gasteiger partial charge in [0.25, 0.3) is 0 Å². The van der Waals surface area contributed by atoms with Gasteiger partial charge in [-0.3, -0.25) is 0 Å². The summed E-state index contributed by atoms with van der Waals surface area (Å²) in [5, 5.41) is 0. The van der Waals surface area contributed by atoms with Crippen molar-refractivity contribution in [1.82, 2.24) is 0 Å². The lowest BCUT2D eigenvalue weighted by molar-refractivity contribution is 0.255. The second kappa shape index (κ2) is 3.81. The van der Waals surface area contributed by atoms with Gasteiger partial charge in [0.15, 0.2) is 9.84 Å². The smallest absolute Gasteiger partial charge is 0.150 e.